The second-order valence-corrected chi connectivity index (χ2v) is 5.71. The number of hydrogen-bond acceptors (Lipinski definition) is 2. The third-order valence-electron chi connectivity index (χ3n) is 3.88. The number of halogens is 1. The summed E-state index contributed by atoms with van der Waals surface area (Å²) in [6.07, 6.45) is 1.04. The Morgan fingerprint density at radius 1 is 1.16 bits per heavy atom. The van der Waals surface area contributed by atoms with Crippen LogP contribution in [-0.2, 0) is 0 Å². The highest BCUT2D eigenvalue weighted by Gasteiger charge is 2.36. The molecule has 1 heterocycles. The van der Waals surface area contributed by atoms with Crippen molar-refractivity contribution >= 4 is 27.7 Å². The highest BCUT2D eigenvalue weighted by atomic mass is 79.9. The molecule has 0 saturated heterocycles. The summed E-state index contributed by atoms with van der Waals surface area (Å²) in [6.45, 7) is 4.72. The Labute approximate surface area is 122 Å². The van der Waals surface area contributed by atoms with Crippen LogP contribution in [0, 0.1) is 11.8 Å². The minimum absolute atomic E-state index is 0.156. The van der Waals surface area contributed by atoms with E-state index in [-0.39, 0.29) is 11.8 Å². The highest BCUT2D eigenvalue weighted by Crippen LogP contribution is 2.26. The van der Waals surface area contributed by atoms with Gasteiger partial charge in [-0.15, -0.1) is 0 Å². The number of alkyl halides is 1. The minimum atomic E-state index is -0.156. The van der Waals surface area contributed by atoms with Gasteiger partial charge in [0.2, 0.25) is 0 Å². The monoisotopic (exact) mass is 323 g/mol. The fourth-order valence-corrected chi connectivity index (χ4v) is 3.60. The molecule has 0 spiro atoms. The van der Waals surface area contributed by atoms with E-state index in [1.54, 1.807) is 24.3 Å². The lowest BCUT2D eigenvalue weighted by Crippen LogP contribution is -2.36. The van der Waals surface area contributed by atoms with Gasteiger partial charge in [0, 0.05) is 11.9 Å². The van der Waals surface area contributed by atoms with Crippen molar-refractivity contribution in [2.75, 3.05) is 11.9 Å². The number of nitrogens with zero attached hydrogens (tertiary/aromatic N) is 1. The predicted octanol–water partition coefficient (Wildman–Crippen LogP) is 3.34. The summed E-state index contributed by atoms with van der Waals surface area (Å²) < 4.78 is 0. The average molecular weight is 324 g/mol. The van der Waals surface area contributed by atoms with Gasteiger partial charge in [-0.05, 0) is 24.0 Å². The zero-order chi connectivity index (χ0) is 14.0. The Balaban J connectivity index is 2.16. The minimum Gasteiger partial charge on any atom is -0.274 e. The van der Waals surface area contributed by atoms with E-state index in [0.29, 0.717) is 29.5 Å². The van der Waals surface area contributed by atoms with Crippen LogP contribution in [0.15, 0.2) is 24.3 Å². The number of fused-ring (bicyclic) bond motifs is 1. The summed E-state index contributed by atoms with van der Waals surface area (Å²) in [7, 11) is 0. The van der Waals surface area contributed by atoms with Crippen molar-refractivity contribution in [3.63, 3.8) is 0 Å². The molecule has 1 aliphatic rings. The lowest BCUT2D eigenvalue weighted by molar-refractivity contribution is 0.0618. The summed E-state index contributed by atoms with van der Waals surface area (Å²) >= 11 is 3.50. The molecular formula is C15H18BrNO2. The zero-order valence-corrected chi connectivity index (χ0v) is 12.8. The van der Waals surface area contributed by atoms with Crippen molar-refractivity contribution in [3.05, 3.63) is 35.4 Å². The SMILES string of the molecule is CCC(CBr)C(C)CN1C(=O)c2ccccc2C1=O. The number of benzene rings is 1. The number of carbonyl (C=O) groups is 2. The smallest absolute Gasteiger partial charge is 0.261 e. The Bertz CT molecular complexity index is 462. The number of hydrogen-bond donors (Lipinski definition) is 0. The quantitative estimate of drug-likeness (QED) is 0.615. The Morgan fingerprint density at radius 2 is 1.68 bits per heavy atom. The van der Waals surface area contributed by atoms with Crippen LogP contribution in [-0.4, -0.2) is 28.6 Å². The van der Waals surface area contributed by atoms with Crippen LogP contribution in [0.1, 0.15) is 41.0 Å². The standard InChI is InChI=1S/C15H18BrNO2/c1-3-11(8-16)10(2)9-17-14(18)12-6-4-5-7-13(12)15(17)19/h4-7,10-11H,3,8-9H2,1-2H3. The molecule has 102 valence electrons. The van der Waals surface area contributed by atoms with E-state index >= 15 is 0 Å². The fraction of sp³-hybridized carbons (Fsp3) is 0.467. The maximum Gasteiger partial charge on any atom is 0.261 e. The first-order valence-corrected chi connectivity index (χ1v) is 7.73. The van der Waals surface area contributed by atoms with Gasteiger partial charge < -0.3 is 0 Å². The largest absolute Gasteiger partial charge is 0.274 e. The van der Waals surface area contributed by atoms with Gasteiger partial charge in [-0.3, -0.25) is 14.5 Å². The average Bonchev–Trinajstić information content (AvgIpc) is 2.66. The molecule has 2 unspecified atom stereocenters. The second-order valence-electron chi connectivity index (χ2n) is 5.07. The van der Waals surface area contributed by atoms with Crippen LogP contribution < -0.4 is 0 Å². The lowest BCUT2D eigenvalue weighted by Gasteiger charge is -2.24. The van der Waals surface area contributed by atoms with Crippen LogP contribution in [0.3, 0.4) is 0 Å². The summed E-state index contributed by atoms with van der Waals surface area (Å²) in [4.78, 5) is 25.9. The molecule has 2 atom stereocenters. The molecule has 2 amide bonds. The molecule has 2 rings (SSSR count). The molecule has 4 heteroatoms. The molecule has 1 aliphatic heterocycles. The number of rotatable bonds is 5. The summed E-state index contributed by atoms with van der Waals surface area (Å²) in [5, 5.41) is 0.897. The summed E-state index contributed by atoms with van der Waals surface area (Å²) in [5.74, 6) is 0.463. The van der Waals surface area contributed by atoms with Crippen molar-refractivity contribution in [2.45, 2.75) is 20.3 Å². The molecule has 0 radical (unpaired) electrons. The molecule has 0 N–H and O–H groups in total. The maximum absolute atomic E-state index is 12.2. The molecule has 0 saturated carbocycles. The van der Waals surface area contributed by atoms with Gasteiger partial charge in [0.1, 0.15) is 0 Å². The van der Waals surface area contributed by atoms with Gasteiger partial charge in [-0.25, -0.2) is 0 Å². The van der Waals surface area contributed by atoms with E-state index in [2.05, 4.69) is 29.8 Å². The summed E-state index contributed by atoms with van der Waals surface area (Å²) in [5.41, 5.74) is 1.07. The molecule has 1 aromatic rings. The Hall–Kier alpha value is -1.16. The van der Waals surface area contributed by atoms with Crippen molar-refractivity contribution in [3.8, 4) is 0 Å². The number of carbonyl (C=O) groups excluding carboxylic acids is 2. The first-order valence-electron chi connectivity index (χ1n) is 6.61. The third-order valence-corrected chi connectivity index (χ3v) is 4.71. The molecule has 19 heavy (non-hydrogen) atoms. The first-order chi connectivity index (χ1) is 9.10. The molecule has 0 bridgehead atoms. The Morgan fingerprint density at radius 3 is 2.11 bits per heavy atom. The Kier molecular flexibility index (Phi) is 4.40. The van der Waals surface area contributed by atoms with Crippen molar-refractivity contribution in [1.82, 2.24) is 4.90 Å². The van der Waals surface area contributed by atoms with Crippen LogP contribution in [0.5, 0.6) is 0 Å². The summed E-state index contributed by atoms with van der Waals surface area (Å²) in [6, 6.07) is 7.04. The van der Waals surface area contributed by atoms with E-state index in [9.17, 15) is 9.59 Å². The van der Waals surface area contributed by atoms with E-state index < -0.39 is 0 Å². The van der Waals surface area contributed by atoms with Gasteiger partial charge in [0.05, 0.1) is 11.1 Å². The van der Waals surface area contributed by atoms with E-state index in [1.165, 1.54) is 4.90 Å². The predicted molar refractivity (Wildman–Crippen MR) is 78.5 cm³/mol. The normalized spacial score (nSPS) is 17.5. The van der Waals surface area contributed by atoms with E-state index in [1.807, 2.05) is 0 Å². The van der Waals surface area contributed by atoms with Gasteiger partial charge in [0.25, 0.3) is 11.8 Å². The molecule has 1 aromatic carbocycles. The maximum atomic E-state index is 12.2. The zero-order valence-electron chi connectivity index (χ0n) is 11.2. The topological polar surface area (TPSA) is 37.4 Å². The van der Waals surface area contributed by atoms with E-state index in [0.717, 1.165) is 11.8 Å². The van der Waals surface area contributed by atoms with Gasteiger partial charge >= 0.3 is 0 Å². The van der Waals surface area contributed by atoms with Crippen molar-refractivity contribution < 1.29 is 9.59 Å². The van der Waals surface area contributed by atoms with E-state index in [4.69, 9.17) is 0 Å². The van der Waals surface area contributed by atoms with Gasteiger partial charge in [-0.1, -0.05) is 48.3 Å². The number of amides is 2. The van der Waals surface area contributed by atoms with Gasteiger partial charge in [0.15, 0.2) is 0 Å². The lowest BCUT2D eigenvalue weighted by atomic mass is 9.93. The van der Waals surface area contributed by atoms with Crippen LogP contribution in [0.25, 0.3) is 0 Å². The van der Waals surface area contributed by atoms with Crippen LogP contribution in [0.2, 0.25) is 0 Å². The van der Waals surface area contributed by atoms with Crippen LogP contribution in [0.4, 0.5) is 0 Å². The molecule has 3 nitrogen and oxygen atoms in total. The molecule has 0 aliphatic carbocycles. The second kappa shape index (κ2) is 5.87. The van der Waals surface area contributed by atoms with Crippen molar-refractivity contribution in [1.29, 1.82) is 0 Å². The van der Waals surface area contributed by atoms with Crippen molar-refractivity contribution in [2.24, 2.45) is 11.8 Å². The molecule has 0 aromatic heterocycles. The first kappa shape index (κ1) is 14.3. The fourth-order valence-electron chi connectivity index (χ4n) is 2.51. The third kappa shape index (κ3) is 2.59. The van der Waals surface area contributed by atoms with Gasteiger partial charge in [-0.2, -0.15) is 0 Å². The molecular weight excluding hydrogens is 306 g/mol. The molecule has 0 fully saturated rings. The van der Waals surface area contributed by atoms with Crippen LogP contribution >= 0.6 is 15.9 Å². The number of imide groups is 1. The highest BCUT2D eigenvalue weighted by molar-refractivity contribution is 9.09.